The summed E-state index contributed by atoms with van der Waals surface area (Å²) in [5.74, 6) is 0.120. The van der Waals surface area contributed by atoms with Crippen molar-refractivity contribution in [3.63, 3.8) is 0 Å². The summed E-state index contributed by atoms with van der Waals surface area (Å²) in [5.41, 5.74) is 1.03. The lowest BCUT2D eigenvalue weighted by Gasteiger charge is -2.18. The van der Waals surface area contributed by atoms with Gasteiger partial charge >= 0.3 is 0 Å². The lowest BCUT2D eigenvalue weighted by atomic mass is 9.90. The van der Waals surface area contributed by atoms with Crippen molar-refractivity contribution in [1.82, 2.24) is 14.9 Å². The van der Waals surface area contributed by atoms with Crippen LogP contribution in [0.1, 0.15) is 34.8 Å². The summed E-state index contributed by atoms with van der Waals surface area (Å²) in [6.07, 6.45) is 7.48. The van der Waals surface area contributed by atoms with Gasteiger partial charge in [0.2, 0.25) is 0 Å². The largest absolute Gasteiger partial charge is 0.381 e. The third kappa shape index (κ3) is 3.75. The molecule has 26 heavy (non-hydrogen) atoms. The van der Waals surface area contributed by atoms with E-state index in [9.17, 15) is 9.18 Å². The molecule has 3 heterocycles. The Morgan fingerprint density at radius 3 is 2.69 bits per heavy atom. The van der Waals surface area contributed by atoms with E-state index in [0.717, 1.165) is 12.2 Å². The Morgan fingerprint density at radius 1 is 1.15 bits per heavy atom. The van der Waals surface area contributed by atoms with Crippen molar-refractivity contribution in [1.29, 1.82) is 0 Å². The van der Waals surface area contributed by atoms with Crippen LogP contribution in [0.15, 0.2) is 42.9 Å². The molecule has 1 aliphatic heterocycles. The highest BCUT2D eigenvalue weighted by atomic mass is 19.1. The van der Waals surface area contributed by atoms with E-state index in [4.69, 9.17) is 4.74 Å². The number of aromatic nitrogens is 2. The lowest BCUT2D eigenvalue weighted by Crippen LogP contribution is -2.30. The van der Waals surface area contributed by atoms with Gasteiger partial charge in [0, 0.05) is 50.1 Å². The first-order valence-electron chi connectivity index (χ1n) is 9.10. The van der Waals surface area contributed by atoms with Crippen LogP contribution in [0.4, 0.5) is 4.39 Å². The van der Waals surface area contributed by atoms with E-state index in [-0.39, 0.29) is 23.4 Å². The van der Waals surface area contributed by atoms with Crippen LogP contribution < -0.4 is 0 Å². The Kier molecular flexibility index (Phi) is 4.93. The molecule has 2 atom stereocenters. The number of rotatable bonds is 6. The van der Waals surface area contributed by atoms with Crippen LogP contribution in [0.2, 0.25) is 0 Å². The molecule has 2 aromatic rings. The third-order valence-corrected chi connectivity index (χ3v) is 5.21. The average molecular weight is 355 g/mol. The number of likely N-dealkylation sites (tertiary alicyclic amines) is 1. The van der Waals surface area contributed by atoms with E-state index in [2.05, 4.69) is 9.97 Å². The van der Waals surface area contributed by atoms with Crippen LogP contribution in [0.5, 0.6) is 0 Å². The molecule has 0 unspecified atom stereocenters. The van der Waals surface area contributed by atoms with Crippen molar-refractivity contribution in [2.24, 2.45) is 11.8 Å². The van der Waals surface area contributed by atoms with E-state index in [1.54, 1.807) is 17.3 Å². The second kappa shape index (κ2) is 7.50. The van der Waals surface area contributed by atoms with Gasteiger partial charge in [0.1, 0.15) is 0 Å². The topological polar surface area (TPSA) is 55.3 Å². The number of carbonyl (C=O) groups is 1. The van der Waals surface area contributed by atoms with Crippen LogP contribution in [0.3, 0.4) is 0 Å². The van der Waals surface area contributed by atoms with Gasteiger partial charge in [-0.3, -0.25) is 9.78 Å². The van der Waals surface area contributed by atoms with Crippen LogP contribution in [-0.2, 0) is 4.74 Å². The molecule has 1 saturated carbocycles. The van der Waals surface area contributed by atoms with E-state index in [1.807, 2.05) is 12.1 Å². The number of ether oxygens (including phenoxy) is 1. The van der Waals surface area contributed by atoms with Gasteiger partial charge in [0.25, 0.3) is 5.91 Å². The van der Waals surface area contributed by atoms with Crippen LogP contribution in [0, 0.1) is 17.7 Å². The minimum Gasteiger partial charge on any atom is -0.381 e. The molecule has 6 heteroatoms. The van der Waals surface area contributed by atoms with Crippen molar-refractivity contribution in [3.05, 3.63) is 59.9 Å². The van der Waals surface area contributed by atoms with Gasteiger partial charge < -0.3 is 9.64 Å². The molecule has 0 spiro atoms. The Labute approximate surface area is 152 Å². The van der Waals surface area contributed by atoms with Crippen molar-refractivity contribution in [2.45, 2.75) is 18.8 Å². The normalized spacial score (nSPS) is 22.6. The van der Waals surface area contributed by atoms with Crippen molar-refractivity contribution < 1.29 is 13.9 Å². The van der Waals surface area contributed by atoms with E-state index in [0.29, 0.717) is 25.6 Å². The minimum absolute atomic E-state index is 0.111. The minimum atomic E-state index is -0.577. The number of carbonyl (C=O) groups excluding carboxylic acids is 1. The predicted octanol–water partition coefficient (Wildman–Crippen LogP) is 2.90. The first-order chi connectivity index (χ1) is 12.7. The summed E-state index contributed by atoms with van der Waals surface area (Å²) in [6, 6.07) is 6.72. The molecule has 0 aromatic carbocycles. The Bertz CT molecular complexity index is 767. The second-order valence-electron chi connectivity index (χ2n) is 7.17. The van der Waals surface area contributed by atoms with Crippen molar-refractivity contribution in [2.75, 3.05) is 26.3 Å². The highest BCUT2D eigenvalue weighted by Gasteiger charge is 2.38. The molecule has 136 valence electrons. The zero-order valence-electron chi connectivity index (χ0n) is 14.6. The average Bonchev–Trinajstić information content (AvgIpc) is 3.39. The summed E-state index contributed by atoms with van der Waals surface area (Å²) >= 11 is 0. The molecule has 2 aromatic heterocycles. The van der Waals surface area contributed by atoms with Crippen LogP contribution in [-0.4, -0.2) is 47.1 Å². The molecule has 0 N–H and O–H groups in total. The quantitative estimate of drug-likeness (QED) is 0.800. The summed E-state index contributed by atoms with van der Waals surface area (Å²) < 4.78 is 19.9. The number of amides is 1. The Hall–Kier alpha value is -2.34. The molecule has 0 radical (unpaired) electrons. The van der Waals surface area contributed by atoms with E-state index in [1.165, 1.54) is 31.2 Å². The maximum absolute atomic E-state index is 14.0. The molecule has 5 nitrogen and oxygen atoms in total. The molecule has 1 saturated heterocycles. The molecule has 2 aliphatic rings. The van der Waals surface area contributed by atoms with Gasteiger partial charge in [-0.25, -0.2) is 9.37 Å². The molecule has 0 bridgehead atoms. The standard InChI is InChI=1S/C20H22FN3O2/c21-18-2-1-7-23-19(18)20(25)24-10-16(13-26-12-14-3-4-14)17(11-24)15-5-8-22-9-6-15/h1-2,5-9,14,16-17H,3-4,10-13H2/t16-,17-/m0/s1. The fraction of sp³-hybridized carbons (Fsp3) is 0.450. The number of hydrogen-bond acceptors (Lipinski definition) is 4. The zero-order chi connectivity index (χ0) is 17.9. The first-order valence-corrected chi connectivity index (χ1v) is 9.10. The highest BCUT2D eigenvalue weighted by Crippen LogP contribution is 2.34. The first kappa shape index (κ1) is 17.1. The molecule has 4 rings (SSSR count). The van der Waals surface area contributed by atoms with Crippen molar-refractivity contribution >= 4 is 5.91 Å². The molecular weight excluding hydrogens is 333 g/mol. The van der Waals surface area contributed by atoms with Gasteiger partial charge in [-0.2, -0.15) is 0 Å². The molecule has 2 fully saturated rings. The van der Waals surface area contributed by atoms with Crippen LogP contribution >= 0.6 is 0 Å². The monoisotopic (exact) mass is 355 g/mol. The van der Waals surface area contributed by atoms with Gasteiger partial charge in [-0.05, 0) is 48.6 Å². The number of hydrogen-bond donors (Lipinski definition) is 0. The Morgan fingerprint density at radius 2 is 1.96 bits per heavy atom. The smallest absolute Gasteiger partial charge is 0.275 e. The Balaban J connectivity index is 1.50. The van der Waals surface area contributed by atoms with Crippen molar-refractivity contribution in [3.8, 4) is 0 Å². The summed E-state index contributed by atoms with van der Waals surface area (Å²) in [5, 5.41) is 0. The number of nitrogens with zero attached hydrogens (tertiary/aromatic N) is 3. The summed E-state index contributed by atoms with van der Waals surface area (Å²) in [4.78, 5) is 22.5. The van der Waals surface area contributed by atoms with Gasteiger partial charge in [-0.1, -0.05) is 0 Å². The van der Waals surface area contributed by atoms with Gasteiger partial charge in [0.05, 0.1) is 6.61 Å². The highest BCUT2D eigenvalue weighted by molar-refractivity contribution is 5.92. The predicted molar refractivity (Wildman–Crippen MR) is 94.1 cm³/mol. The lowest BCUT2D eigenvalue weighted by molar-refractivity contribution is 0.0731. The second-order valence-corrected chi connectivity index (χ2v) is 7.17. The fourth-order valence-corrected chi connectivity index (χ4v) is 3.56. The summed E-state index contributed by atoms with van der Waals surface area (Å²) in [7, 11) is 0. The maximum Gasteiger partial charge on any atom is 0.275 e. The molecule has 1 aliphatic carbocycles. The van der Waals surface area contributed by atoms with E-state index >= 15 is 0 Å². The van der Waals surface area contributed by atoms with Crippen LogP contribution in [0.25, 0.3) is 0 Å². The van der Waals surface area contributed by atoms with E-state index < -0.39 is 5.82 Å². The van der Waals surface area contributed by atoms with Gasteiger partial charge in [0.15, 0.2) is 11.5 Å². The SMILES string of the molecule is O=C(c1ncccc1F)N1C[C@@H](COCC2CC2)[C@H](c2ccncc2)C1. The van der Waals surface area contributed by atoms with Gasteiger partial charge in [-0.15, -0.1) is 0 Å². The zero-order valence-corrected chi connectivity index (χ0v) is 14.6. The molecule has 1 amide bonds. The number of halogens is 1. The third-order valence-electron chi connectivity index (χ3n) is 5.21. The maximum atomic E-state index is 14.0. The number of pyridine rings is 2. The summed E-state index contributed by atoms with van der Waals surface area (Å²) in [6.45, 7) is 2.49. The fourth-order valence-electron chi connectivity index (χ4n) is 3.56. The molecular formula is C20H22FN3O2.